The van der Waals surface area contributed by atoms with E-state index < -0.39 is 10.0 Å². The van der Waals surface area contributed by atoms with Gasteiger partial charge in [-0.1, -0.05) is 31.2 Å². The third-order valence-corrected chi connectivity index (χ3v) is 5.24. The van der Waals surface area contributed by atoms with Crippen LogP contribution in [0.15, 0.2) is 53.8 Å². The number of para-hydroxylation sites is 1. The number of aromatic nitrogens is 2. The molecule has 120 valence electrons. The number of hydrogen-bond donors (Lipinski definition) is 2. The molecule has 0 amide bonds. The molecule has 2 heterocycles. The second kappa shape index (κ2) is 6.52. The highest BCUT2D eigenvalue weighted by Crippen LogP contribution is 2.22. The van der Waals surface area contributed by atoms with Crippen molar-refractivity contribution in [3.8, 4) is 0 Å². The molecule has 5 nitrogen and oxygen atoms in total. The van der Waals surface area contributed by atoms with E-state index in [1.54, 1.807) is 12.1 Å². The molecule has 2 N–H and O–H groups in total. The smallest absolute Gasteiger partial charge is 0.258 e. The van der Waals surface area contributed by atoms with Crippen LogP contribution in [0.1, 0.15) is 18.1 Å². The van der Waals surface area contributed by atoms with Crippen LogP contribution in [-0.2, 0) is 22.9 Å². The molecule has 23 heavy (non-hydrogen) atoms. The van der Waals surface area contributed by atoms with Crippen molar-refractivity contribution in [1.82, 2.24) is 14.7 Å². The fourth-order valence-electron chi connectivity index (χ4n) is 2.68. The number of H-pyrrole nitrogens is 1. The van der Waals surface area contributed by atoms with E-state index in [1.807, 2.05) is 12.3 Å². The Kier molecular flexibility index (Phi) is 4.45. The lowest BCUT2D eigenvalue weighted by Gasteiger charge is -2.05. The Balaban J connectivity index is 1.72. The molecule has 6 heteroatoms. The quantitative estimate of drug-likeness (QED) is 0.730. The topological polar surface area (TPSA) is 74.8 Å². The molecule has 2 aromatic heterocycles. The van der Waals surface area contributed by atoms with Crippen molar-refractivity contribution in [3.05, 3.63) is 59.9 Å². The van der Waals surface area contributed by atoms with Crippen LogP contribution < -0.4 is 4.72 Å². The summed E-state index contributed by atoms with van der Waals surface area (Å²) in [5.41, 5.74) is 3.51. The van der Waals surface area contributed by atoms with Crippen LogP contribution in [-0.4, -0.2) is 24.9 Å². The average Bonchev–Trinajstić information content (AvgIpc) is 2.99. The number of aromatic amines is 1. The van der Waals surface area contributed by atoms with Gasteiger partial charge in [0.25, 0.3) is 10.0 Å². The lowest BCUT2D eigenvalue weighted by atomic mass is 10.1. The molecule has 0 spiro atoms. The van der Waals surface area contributed by atoms with Crippen molar-refractivity contribution in [1.29, 1.82) is 0 Å². The Labute approximate surface area is 135 Å². The van der Waals surface area contributed by atoms with Crippen molar-refractivity contribution in [2.75, 3.05) is 6.54 Å². The van der Waals surface area contributed by atoms with E-state index >= 15 is 0 Å². The van der Waals surface area contributed by atoms with Crippen LogP contribution in [0, 0.1) is 0 Å². The highest BCUT2D eigenvalue weighted by Gasteiger charge is 2.14. The molecule has 0 bridgehead atoms. The Bertz CT molecular complexity index is 902. The summed E-state index contributed by atoms with van der Waals surface area (Å²) in [5.74, 6) is 0. The van der Waals surface area contributed by atoms with Crippen LogP contribution in [0.3, 0.4) is 0 Å². The van der Waals surface area contributed by atoms with Gasteiger partial charge < -0.3 is 4.98 Å². The number of aryl methyl sites for hydroxylation is 1. The summed E-state index contributed by atoms with van der Waals surface area (Å²) in [6.07, 6.45) is 5.02. The van der Waals surface area contributed by atoms with E-state index in [9.17, 15) is 8.42 Å². The van der Waals surface area contributed by atoms with Crippen LogP contribution in [0.4, 0.5) is 0 Å². The fourth-order valence-corrected chi connectivity index (χ4v) is 3.65. The minimum Gasteiger partial charge on any atom is -0.361 e. The summed E-state index contributed by atoms with van der Waals surface area (Å²) >= 11 is 0. The summed E-state index contributed by atoms with van der Waals surface area (Å²) in [6.45, 7) is 2.46. The summed E-state index contributed by atoms with van der Waals surface area (Å²) < 4.78 is 26.9. The Morgan fingerprint density at radius 2 is 2.00 bits per heavy atom. The molecule has 0 aliphatic rings. The van der Waals surface area contributed by atoms with Gasteiger partial charge >= 0.3 is 0 Å². The highest BCUT2D eigenvalue weighted by atomic mass is 32.2. The maximum atomic E-state index is 12.1. The molecule has 0 radical (unpaired) electrons. The lowest BCUT2D eigenvalue weighted by molar-refractivity contribution is 0.578. The first kappa shape index (κ1) is 15.7. The second-order valence-corrected chi connectivity index (χ2v) is 7.04. The van der Waals surface area contributed by atoms with E-state index in [-0.39, 0.29) is 5.03 Å². The number of pyridine rings is 1. The molecule has 3 aromatic rings. The van der Waals surface area contributed by atoms with Gasteiger partial charge in [0, 0.05) is 29.8 Å². The van der Waals surface area contributed by atoms with Gasteiger partial charge in [-0.3, -0.25) is 0 Å². The van der Waals surface area contributed by atoms with Gasteiger partial charge in [0.1, 0.15) is 0 Å². The number of hydrogen-bond acceptors (Lipinski definition) is 3. The van der Waals surface area contributed by atoms with Crippen molar-refractivity contribution in [3.63, 3.8) is 0 Å². The Hall–Kier alpha value is -2.18. The first-order chi connectivity index (χ1) is 11.1. The predicted molar refractivity (Wildman–Crippen MR) is 90.8 cm³/mol. The molecule has 0 saturated heterocycles. The maximum absolute atomic E-state index is 12.1. The van der Waals surface area contributed by atoms with Gasteiger partial charge in [0.15, 0.2) is 5.03 Å². The molecule has 0 fully saturated rings. The van der Waals surface area contributed by atoms with Crippen molar-refractivity contribution in [2.24, 2.45) is 0 Å². The first-order valence-corrected chi connectivity index (χ1v) is 9.08. The largest absolute Gasteiger partial charge is 0.361 e. The zero-order valence-electron chi connectivity index (χ0n) is 12.9. The predicted octanol–water partition coefficient (Wildman–Crippen LogP) is 2.65. The number of rotatable bonds is 6. The van der Waals surface area contributed by atoms with E-state index in [2.05, 4.69) is 33.7 Å². The van der Waals surface area contributed by atoms with Crippen LogP contribution in [0.5, 0.6) is 0 Å². The first-order valence-electron chi connectivity index (χ1n) is 7.60. The highest BCUT2D eigenvalue weighted by molar-refractivity contribution is 7.89. The van der Waals surface area contributed by atoms with Gasteiger partial charge in [-0.2, -0.15) is 0 Å². The number of nitrogens with one attached hydrogen (secondary N) is 2. The second-order valence-electron chi connectivity index (χ2n) is 5.32. The molecular weight excluding hydrogens is 310 g/mol. The summed E-state index contributed by atoms with van der Waals surface area (Å²) in [5, 5.41) is 1.20. The molecular formula is C17H19N3O2S. The van der Waals surface area contributed by atoms with E-state index in [0.717, 1.165) is 22.9 Å². The van der Waals surface area contributed by atoms with Crippen LogP contribution >= 0.6 is 0 Å². The van der Waals surface area contributed by atoms with E-state index in [4.69, 9.17) is 0 Å². The molecule has 1 aromatic carbocycles. The SMILES string of the molecule is CCc1cccc2c(CCNS(=O)(=O)c3ccccn3)c[nH]c12. The van der Waals surface area contributed by atoms with Crippen molar-refractivity contribution < 1.29 is 8.42 Å². The van der Waals surface area contributed by atoms with Crippen LogP contribution in [0.25, 0.3) is 10.9 Å². The molecule has 0 aliphatic heterocycles. The maximum Gasteiger partial charge on any atom is 0.258 e. The normalized spacial score (nSPS) is 11.9. The van der Waals surface area contributed by atoms with Crippen LogP contribution in [0.2, 0.25) is 0 Å². The molecule has 0 atom stereocenters. The third-order valence-electron chi connectivity index (χ3n) is 3.87. The molecule has 0 aliphatic carbocycles. The fraction of sp³-hybridized carbons (Fsp3) is 0.235. The van der Waals surface area contributed by atoms with E-state index in [0.29, 0.717) is 13.0 Å². The van der Waals surface area contributed by atoms with Crippen molar-refractivity contribution in [2.45, 2.75) is 24.8 Å². The zero-order valence-corrected chi connectivity index (χ0v) is 13.7. The molecule has 0 unspecified atom stereocenters. The van der Waals surface area contributed by atoms with E-state index in [1.165, 1.54) is 17.8 Å². The minimum absolute atomic E-state index is 0.0483. The van der Waals surface area contributed by atoms with Crippen molar-refractivity contribution >= 4 is 20.9 Å². The zero-order chi connectivity index (χ0) is 16.3. The summed E-state index contributed by atoms with van der Waals surface area (Å²) in [6, 6.07) is 11.0. The standard InChI is InChI=1S/C17H19N3O2S/c1-2-13-6-5-7-15-14(12-19-17(13)15)9-11-20-23(21,22)16-8-3-4-10-18-16/h3-8,10,12,19-20H,2,9,11H2,1H3. The monoisotopic (exact) mass is 329 g/mol. The van der Waals surface area contributed by atoms with Gasteiger partial charge in [-0.05, 0) is 36.1 Å². The number of nitrogens with zero attached hydrogens (tertiary/aromatic N) is 1. The Morgan fingerprint density at radius 1 is 1.13 bits per heavy atom. The van der Waals surface area contributed by atoms with Gasteiger partial charge in [-0.25, -0.2) is 18.1 Å². The van der Waals surface area contributed by atoms with Gasteiger partial charge in [0.05, 0.1) is 0 Å². The Morgan fingerprint density at radius 3 is 2.74 bits per heavy atom. The lowest BCUT2D eigenvalue weighted by Crippen LogP contribution is -2.26. The number of benzene rings is 1. The van der Waals surface area contributed by atoms with Gasteiger partial charge in [-0.15, -0.1) is 0 Å². The summed E-state index contributed by atoms with van der Waals surface area (Å²) in [4.78, 5) is 7.18. The third kappa shape index (κ3) is 3.28. The summed E-state index contributed by atoms with van der Waals surface area (Å²) in [7, 11) is -3.55. The minimum atomic E-state index is -3.55. The molecule has 0 saturated carbocycles. The number of sulfonamides is 1. The number of fused-ring (bicyclic) bond motifs is 1. The molecule has 3 rings (SSSR count). The van der Waals surface area contributed by atoms with Gasteiger partial charge in [0.2, 0.25) is 0 Å². The average molecular weight is 329 g/mol.